The first-order valence-corrected chi connectivity index (χ1v) is 11.1. The number of anilines is 1. The summed E-state index contributed by atoms with van der Waals surface area (Å²) in [5.74, 6) is -0.0991. The molecule has 2 rings (SSSR count). The third-order valence-corrected chi connectivity index (χ3v) is 5.56. The van der Waals surface area contributed by atoms with Gasteiger partial charge in [0.2, 0.25) is 10.0 Å². The molecule has 1 aromatic heterocycles. The molecule has 1 heterocycles. The predicted molar refractivity (Wildman–Crippen MR) is 114 cm³/mol. The standard InChI is InChI=1S/C19H29FN6O2S/c1-14-6-7-17(13-18(14)20)25-29(27,28)11-9-23-19(21-4)22-8-5-10-26-16(3)12-15(2)24-26/h6-7,12-13,25H,5,8-11H2,1-4H3,(H2,21,22,23). The molecule has 0 unspecified atom stereocenters. The third-order valence-electron chi connectivity index (χ3n) is 4.27. The van der Waals surface area contributed by atoms with Crippen molar-refractivity contribution < 1.29 is 12.8 Å². The van der Waals surface area contributed by atoms with E-state index in [1.54, 1.807) is 14.0 Å². The quantitative estimate of drug-likeness (QED) is 0.325. The minimum atomic E-state index is -3.61. The molecule has 0 fully saturated rings. The van der Waals surface area contributed by atoms with Crippen LogP contribution in [-0.2, 0) is 16.6 Å². The number of rotatable bonds is 9. The average Bonchev–Trinajstić information content (AvgIpc) is 2.97. The number of aromatic nitrogens is 2. The van der Waals surface area contributed by atoms with Crippen LogP contribution in [0.2, 0.25) is 0 Å². The summed E-state index contributed by atoms with van der Waals surface area (Å²) >= 11 is 0. The van der Waals surface area contributed by atoms with Gasteiger partial charge in [0.15, 0.2) is 5.96 Å². The Morgan fingerprint density at radius 1 is 1.17 bits per heavy atom. The zero-order valence-electron chi connectivity index (χ0n) is 17.3. The zero-order valence-corrected chi connectivity index (χ0v) is 18.1. The number of benzene rings is 1. The highest BCUT2D eigenvalue weighted by molar-refractivity contribution is 7.92. The molecule has 0 spiro atoms. The van der Waals surface area contributed by atoms with E-state index in [0.29, 0.717) is 18.1 Å². The number of sulfonamides is 1. The third kappa shape index (κ3) is 7.37. The van der Waals surface area contributed by atoms with Crippen LogP contribution in [0.1, 0.15) is 23.4 Å². The maximum Gasteiger partial charge on any atom is 0.234 e. The fourth-order valence-electron chi connectivity index (χ4n) is 2.75. The normalized spacial score (nSPS) is 12.1. The lowest BCUT2D eigenvalue weighted by Crippen LogP contribution is -2.40. The summed E-state index contributed by atoms with van der Waals surface area (Å²) in [6.45, 7) is 7.23. The van der Waals surface area contributed by atoms with Gasteiger partial charge in [-0.2, -0.15) is 5.10 Å². The van der Waals surface area contributed by atoms with E-state index in [1.807, 2.05) is 24.6 Å². The first-order valence-electron chi connectivity index (χ1n) is 9.42. The van der Waals surface area contributed by atoms with Crippen molar-refractivity contribution in [3.8, 4) is 0 Å². The van der Waals surface area contributed by atoms with Crippen LogP contribution >= 0.6 is 0 Å². The van der Waals surface area contributed by atoms with Crippen LogP contribution < -0.4 is 15.4 Å². The Bertz CT molecular complexity index is 956. The second-order valence-electron chi connectivity index (χ2n) is 6.81. The molecule has 1 aromatic carbocycles. The monoisotopic (exact) mass is 424 g/mol. The van der Waals surface area contributed by atoms with E-state index < -0.39 is 15.8 Å². The Hall–Kier alpha value is -2.62. The molecule has 0 atom stereocenters. The molecule has 0 aliphatic carbocycles. The number of halogens is 1. The van der Waals surface area contributed by atoms with Gasteiger partial charge < -0.3 is 10.6 Å². The molecule has 0 aliphatic rings. The number of aliphatic imine (C=N–C) groups is 1. The van der Waals surface area contributed by atoms with E-state index in [0.717, 1.165) is 24.4 Å². The van der Waals surface area contributed by atoms with Gasteiger partial charge >= 0.3 is 0 Å². The van der Waals surface area contributed by atoms with E-state index >= 15 is 0 Å². The fraction of sp³-hybridized carbons (Fsp3) is 0.474. The molecular weight excluding hydrogens is 395 g/mol. The average molecular weight is 425 g/mol. The van der Waals surface area contributed by atoms with E-state index in [-0.39, 0.29) is 18.0 Å². The lowest BCUT2D eigenvalue weighted by molar-refractivity contribution is 0.555. The van der Waals surface area contributed by atoms with Crippen LogP contribution in [0.3, 0.4) is 0 Å². The van der Waals surface area contributed by atoms with E-state index in [1.165, 1.54) is 18.2 Å². The molecule has 3 N–H and O–H groups in total. The largest absolute Gasteiger partial charge is 0.356 e. The molecule has 0 saturated carbocycles. The van der Waals surface area contributed by atoms with Crippen molar-refractivity contribution in [2.75, 3.05) is 30.6 Å². The van der Waals surface area contributed by atoms with Crippen molar-refractivity contribution in [1.82, 2.24) is 20.4 Å². The van der Waals surface area contributed by atoms with Crippen LogP contribution in [0.15, 0.2) is 29.3 Å². The minimum absolute atomic E-state index is 0.167. The SMILES string of the molecule is CN=C(NCCCn1nc(C)cc1C)NCCS(=O)(=O)Nc1ccc(C)c(F)c1. The molecule has 0 saturated heterocycles. The van der Waals surface area contributed by atoms with Gasteiger partial charge in [-0.25, -0.2) is 12.8 Å². The van der Waals surface area contributed by atoms with Gasteiger partial charge in [0, 0.05) is 32.4 Å². The van der Waals surface area contributed by atoms with Gasteiger partial charge in [-0.15, -0.1) is 0 Å². The molecule has 10 heteroatoms. The van der Waals surface area contributed by atoms with Gasteiger partial charge in [-0.3, -0.25) is 14.4 Å². The molecule has 160 valence electrons. The highest BCUT2D eigenvalue weighted by Crippen LogP contribution is 2.14. The van der Waals surface area contributed by atoms with E-state index in [9.17, 15) is 12.8 Å². The Kier molecular flexibility index (Phi) is 8.00. The summed E-state index contributed by atoms with van der Waals surface area (Å²) < 4.78 is 42.2. The van der Waals surface area contributed by atoms with Gasteiger partial charge in [0.25, 0.3) is 0 Å². The topological polar surface area (TPSA) is 100 Å². The van der Waals surface area contributed by atoms with Crippen LogP contribution in [-0.4, -0.2) is 50.0 Å². The number of hydrogen-bond donors (Lipinski definition) is 3. The van der Waals surface area contributed by atoms with Crippen molar-refractivity contribution >= 4 is 21.7 Å². The smallest absolute Gasteiger partial charge is 0.234 e. The molecular formula is C19H29FN6O2S. The van der Waals surface area contributed by atoms with Crippen LogP contribution in [0.5, 0.6) is 0 Å². The molecule has 0 radical (unpaired) electrons. The van der Waals surface area contributed by atoms with Crippen LogP contribution in [0, 0.1) is 26.6 Å². The summed E-state index contributed by atoms with van der Waals surface area (Å²) in [4.78, 5) is 4.09. The van der Waals surface area contributed by atoms with Crippen molar-refractivity contribution in [1.29, 1.82) is 0 Å². The van der Waals surface area contributed by atoms with Crippen molar-refractivity contribution in [2.24, 2.45) is 4.99 Å². The van der Waals surface area contributed by atoms with Gasteiger partial charge in [0.1, 0.15) is 5.82 Å². The second-order valence-corrected chi connectivity index (χ2v) is 8.66. The summed E-state index contributed by atoms with van der Waals surface area (Å²) in [5.41, 5.74) is 2.79. The Labute approximate surface area is 171 Å². The van der Waals surface area contributed by atoms with Crippen LogP contribution in [0.4, 0.5) is 10.1 Å². The highest BCUT2D eigenvalue weighted by atomic mass is 32.2. The molecule has 0 amide bonds. The zero-order chi connectivity index (χ0) is 21.4. The molecule has 2 aromatic rings. The molecule has 8 nitrogen and oxygen atoms in total. The van der Waals surface area contributed by atoms with Crippen LogP contribution in [0.25, 0.3) is 0 Å². The number of nitrogens with zero attached hydrogens (tertiary/aromatic N) is 3. The Morgan fingerprint density at radius 3 is 2.52 bits per heavy atom. The minimum Gasteiger partial charge on any atom is -0.356 e. The predicted octanol–water partition coefficient (Wildman–Crippen LogP) is 1.94. The van der Waals surface area contributed by atoms with Crippen molar-refractivity contribution in [3.05, 3.63) is 47.0 Å². The molecule has 0 aliphatic heterocycles. The summed E-state index contributed by atoms with van der Waals surface area (Å²) in [6, 6.07) is 6.27. The molecule has 0 bridgehead atoms. The Morgan fingerprint density at radius 2 is 1.90 bits per heavy atom. The summed E-state index contributed by atoms with van der Waals surface area (Å²) in [5, 5.41) is 10.5. The first-order chi connectivity index (χ1) is 13.7. The van der Waals surface area contributed by atoms with E-state index in [2.05, 4.69) is 25.4 Å². The van der Waals surface area contributed by atoms with Crippen molar-refractivity contribution in [3.63, 3.8) is 0 Å². The number of guanidine groups is 1. The summed E-state index contributed by atoms with van der Waals surface area (Å²) in [7, 11) is -1.98. The van der Waals surface area contributed by atoms with Gasteiger partial charge in [-0.1, -0.05) is 6.07 Å². The number of aryl methyl sites for hydroxylation is 4. The second kappa shape index (κ2) is 10.2. The fourth-order valence-corrected chi connectivity index (χ4v) is 3.71. The molecule has 29 heavy (non-hydrogen) atoms. The summed E-state index contributed by atoms with van der Waals surface area (Å²) in [6.07, 6.45) is 0.849. The number of nitrogens with one attached hydrogen (secondary N) is 3. The van der Waals surface area contributed by atoms with Gasteiger partial charge in [-0.05, 0) is 51.0 Å². The lowest BCUT2D eigenvalue weighted by atomic mass is 10.2. The maximum atomic E-state index is 13.6. The first kappa shape index (κ1) is 22.7. The van der Waals surface area contributed by atoms with Crippen molar-refractivity contribution in [2.45, 2.75) is 33.7 Å². The lowest BCUT2D eigenvalue weighted by Gasteiger charge is -2.13. The van der Waals surface area contributed by atoms with Gasteiger partial charge in [0.05, 0.1) is 17.1 Å². The number of hydrogen-bond acceptors (Lipinski definition) is 4. The maximum absolute atomic E-state index is 13.6. The highest BCUT2D eigenvalue weighted by Gasteiger charge is 2.12. The Balaban J connectivity index is 1.72. The van der Waals surface area contributed by atoms with E-state index in [4.69, 9.17) is 0 Å².